The maximum Gasteiger partial charge on any atom is 0.244 e. The van der Waals surface area contributed by atoms with Gasteiger partial charge in [-0.1, -0.05) is 36.4 Å². The van der Waals surface area contributed by atoms with E-state index < -0.39 is 0 Å². The van der Waals surface area contributed by atoms with E-state index in [4.69, 9.17) is 9.47 Å². The van der Waals surface area contributed by atoms with E-state index in [2.05, 4.69) is 15.3 Å². The normalized spacial score (nSPS) is 10.6. The highest BCUT2D eigenvalue weighted by atomic mass is 16.5. The van der Waals surface area contributed by atoms with Gasteiger partial charge in [0.1, 0.15) is 6.33 Å². The van der Waals surface area contributed by atoms with Crippen molar-refractivity contribution in [3.8, 4) is 22.8 Å². The molecular weight excluding hydrogens is 354 g/mol. The van der Waals surface area contributed by atoms with E-state index in [0.717, 1.165) is 22.5 Å². The number of nitrogens with zero attached hydrogens (tertiary/aromatic N) is 2. The molecule has 2 aromatic carbocycles. The summed E-state index contributed by atoms with van der Waals surface area (Å²) in [4.78, 5) is 20.6. The van der Waals surface area contributed by atoms with E-state index in [-0.39, 0.29) is 5.91 Å². The molecule has 3 rings (SSSR count). The van der Waals surface area contributed by atoms with Crippen LogP contribution in [0.15, 0.2) is 67.0 Å². The molecule has 3 aromatic rings. The Morgan fingerprint density at radius 3 is 2.54 bits per heavy atom. The molecule has 0 spiro atoms. The lowest BCUT2D eigenvalue weighted by atomic mass is 10.1. The molecule has 0 unspecified atom stereocenters. The number of hydrogen-bond acceptors (Lipinski definition) is 5. The Bertz CT molecular complexity index is 972. The van der Waals surface area contributed by atoms with Gasteiger partial charge in [-0.05, 0) is 29.8 Å². The largest absolute Gasteiger partial charge is 0.493 e. The van der Waals surface area contributed by atoms with Crippen molar-refractivity contribution in [3.05, 3.63) is 78.3 Å². The number of ether oxygens (including phenoxy) is 2. The Morgan fingerprint density at radius 2 is 1.79 bits per heavy atom. The fraction of sp³-hybridized carbons (Fsp3) is 0.136. The highest BCUT2D eigenvalue weighted by Crippen LogP contribution is 2.27. The lowest BCUT2D eigenvalue weighted by Crippen LogP contribution is -2.20. The molecule has 1 heterocycles. The summed E-state index contributed by atoms with van der Waals surface area (Å²) in [5, 5.41) is 2.83. The summed E-state index contributed by atoms with van der Waals surface area (Å²) in [5.41, 5.74) is 3.40. The molecule has 0 saturated carbocycles. The van der Waals surface area contributed by atoms with Crippen molar-refractivity contribution in [2.75, 3.05) is 14.2 Å². The monoisotopic (exact) mass is 375 g/mol. The third-order valence-corrected chi connectivity index (χ3v) is 4.07. The number of carbonyl (C=O) groups excluding carboxylic acids is 1. The van der Waals surface area contributed by atoms with Crippen LogP contribution in [0.25, 0.3) is 17.3 Å². The smallest absolute Gasteiger partial charge is 0.244 e. The number of methoxy groups -OCH3 is 2. The summed E-state index contributed by atoms with van der Waals surface area (Å²) in [7, 11) is 3.15. The van der Waals surface area contributed by atoms with Crippen LogP contribution in [0.5, 0.6) is 11.5 Å². The third-order valence-electron chi connectivity index (χ3n) is 4.07. The molecule has 1 aromatic heterocycles. The average molecular weight is 375 g/mol. The standard InChI is InChI=1S/C22H21N3O3/c1-27-20-10-8-16(12-21(20)28-2)9-11-22(26)23-14-18-13-19(25-15-24-18)17-6-4-3-5-7-17/h3-13,15H,14H2,1-2H3,(H,23,26)/b11-9+. The van der Waals surface area contributed by atoms with Gasteiger partial charge in [0.05, 0.1) is 32.2 Å². The quantitative estimate of drug-likeness (QED) is 0.640. The number of rotatable bonds is 7. The number of carbonyl (C=O) groups is 1. The van der Waals surface area contributed by atoms with Gasteiger partial charge in [-0.3, -0.25) is 4.79 Å². The van der Waals surface area contributed by atoms with Crippen LogP contribution < -0.4 is 14.8 Å². The van der Waals surface area contributed by atoms with E-state index >= 15 is 0 Å². The molecule has 6 nitrogen and oxygen atoms in total. The summed E-state index contributed by atoms with van der Waals surface area (Å²) in [6, 6.07) is 17.1. The number of hydrogen-bond donors (Lipinski definition) is 1. The number of aromatic nitrogens is 2. The van der Waals surface area contributed by atoms with Gasteiger partial charge in [0, 0.05) is 11.6 Å². The van der Waals surface area contributed by atoms with Crippen LogP contribution in [0.1, 0.15) is 11.3 Å². The van der Waals surface area contributed by atoms with Crippen LogP contribution in [0.2, 0.25) is 0 Å². The molecule has 1 amide bonds. The van der Waals surface area contributed by atoms with Crippen LogP contribution in [-0.4, -0.2) is 30.1 Å². The zero-order chi connectivity index (χ0) is 19.8. The van der Waals surface area contributed by atoms with Crippen molar-refractivity contribution in [1.29, 1.82) is 0 Å². The second-order valence-electron chi connectivity index (χ2n) is 5.93. The first kappa shape index (κ1) is 19.1. The minimum atomic E-state index is -0.213. The van der Waals surface area contributed by atoms with Crippen LogP contribution in [0.3, 0.4) is 0 Å². The minimum absolute atomic E-state index is 0.213. The van der Waals surface area contributed by atoms with Gasteiger partial charge in [0.25, 0.3) is 0 Å². The average Bonchev–Trinajstić information content (AvgIpc) is 2.76. The van der Waals surface area contributed by atoms with Crippen molar-refractivity contribution in [2.45, 2.75) is 6.54 Å². The molecule has 1 N–H and O–H groups in total. The van der Waals surface area contributed by atoms with Crippen LogP contribution in [0, 0.1) is 0 Å². The first-order valence-corrected chi connectivity index (χ1v) is 8.74. The second-order valence-corrected chi connectivity index (χ2v) is 5.93. The molecule has 0 aliphatic rings. The van der Waals surface area contributed by atoms with Crippen molar-refractivity contribution in [3.63, 3.8) is 0 Å². The molecule has 0 bridgehead atoms. The fourth-order valence-electron chi connectivity index (χ4n) is 2.63. The molecule has 0 aliphatic heterocycles. The molecular formula is C22H21N3O3. The first-order valence-electron chi connectivity index (χ1n) is 8.74. The molecule has 0 saturated heterocycles. The molecule has 28 heavy (non-hydrogen) atoms. The summed E-state index contributed by atoms with van der Waals surface area (Å²) >= 11 is 0. The van der Waals surface area contributed by atoms with E-state index in [9.17, 15) is 4.79 Å². The van der Waals surface area contributed by atoms with E-state index in [0.29, 0.717) is 18.0 Å². The third kappa shape index (κ3) is 4.94. The van der Waals surface area contributed by atoms with Crippen molar-refractivity contribution < 1.29 is 14.3 Å². The topological polar surface area (TPSA) is 73.3 Å². The lowest BCUT2D eigenvalue weighted by Gasteiger charge is -2.07. The van der Waals surface area contributed by atoms with Crippen molar-refractivity contribution >= 4 is 12.0 Å². The Balaban J connectivity index is 1.61. The maximum atomic E-state index is 12.1. The van der Waals surface area contributed by atoms with Gasteiger partial charge < -0.3 is 14.8 Å². The van der Waals surface area contributed by atoms with Crippen LogP contribution in [-0.2, 0) is 11.3 Å². The summed E-state index contributed by atoms with van der Waals surface area (Å²) in [5.74, 6) is 1.04. The zero-order valence-electron chi connectivity index (χ0n) is 15.8. The van der Waals surface area contributed by atoms with Gasteiger partial charge in [-0.2, -0.15) is 0 Å². The van der Waals surface area contributed by atoms with Gasteiger partial charge in [-0.25, -0.2) is 9.97 Å². The summed E-state index contributed by atoms with van der Waals surface area (Å²) < 4.78 is 10.5. The van der Waals surface area contributed by atoms with Crippen LogP contribution in [0.4, 0.5) is 0 Å². The van der Waals surface area contributed by atoms with Gasteiger partial charge >= 0.3 is 0 Å². The molecule has 0 atom stereocenters. The summed E-state index contributed by atoms with van der Waals surface area (Å²) in [6.07, 6.45) is 4.69. The summed E-state index contributed by atoms with van der Waals surface area (Å²) in [6.45, 7) is 0.317. The molecule has 142 valence electrons. The SMILES string of the molecule is COc1ccc(/C=C/C(=O)NCc2cc(-c3ccccc3)ncn2)cc1OC. The highest BCUT2D eigenvalue weighted by Gasteiger charge is 2.05. The molecule has 6 heteroatoms. The predicted molar refractivity (Wildman–Crippen MR) is 108 cm³/mol. The molecule has 0 aliphatic carbocycles. The lowest BCUT2D eigenvalue weighted by molar-refractivity contribution is -0.116. The Hall–Kier alpha value is -3.67. The fourth-order valence-corrected chi connectivity index (χ4v) is 2.63. The molecule has 0 radical (unpaired) electrons. The number of nitrogens with one attached hydrogen (secondary N) is 1. The second kappa shape index (κ2) is 9.32. The van der Waals surface area contributed by atoms with Crippen molar-refractivity contribution in [2.24, 2.45) is 0 Å². The van der Waals surface area contributed by atoms with Gasteiger partial charge in [0.2, 0.25) is 5.91 Å². The first-order chi connectivity index (χ1) is 13.7. The Labute approximate surface area is 163 Å². The van der Waals surface area contributed by atoms with E-state index in [1.54, 1.807) is 32.4 Å². The Kier molecular flexibility index (Phi) is 6.36. The van der Waals surface area contributed by atoms with Crippen LogP contribution >= 0.6 is 0 Å². The van der Waals surface area contributed by atoms with E-state index in [1.807, 2.05) is 42.5 Å². The van der Waals surface area contributed by atoms with Crippen molar-refractivity contribution in [1.82, 2.24) is 15.3 Å². The molecule has 0 fully saturated rings. The maximum absolute atomic E-state index is 12.1. The van der Waals surface area contributed by atoms with E-state index in [1.165, 1.54) is 12.4 Å². The van der Waals surface area contributed by atoms with Gasteiger partial charge in [-0.15, -0.1) is 0 Å². The minimum Gasteiger partial charge on any atom is -0.493 e. The highest BCUT2D eigenvalue weighted by molar-refractivity contribution is 5.91. The number of benzene rings is 2. The Morgan fingerprint density at radius 1 is 1.00 bits per heavy atom. The number of amides is 1. The zero-order valence-corrected chi connectivity index (χ0v) is 15.8. The predicted octanol–water partition coefficient (Wildman–Crippen LogP) is 3.49. The van der Waals surface area contributed by atoms with Gasteiger partial charge in [0.15, 0.2) is 11.5 Å².